The number of esters is 1. The minimum Gasteiger partial charge on any atom is -0.456 e. The third-order valence-corrected chi connectivity index (χ3v) is 6.09. The van der Waals surface area contributed by atoms with Gasteiger partial charge in [-0.05, 0) is 69.0 Å². The highest BCUT2D eigenvalue weighted by Gasteiger charge is 2.20. The van der Waals surface area contributed by atoms with E-state index in [4.69, 9.17) is 9.72 Å². The molecule has 0 bridgehead atoms. The Bertz CT molecular complexity index is 1440. The zero-order valence-electron chi connectivity index (χ0n) is 21.8. The maximum atomic E-state index is 13.5. The quantitative estimate of drug-likeness (QED) is 0.274. The zero-order chi connectivity index (χ0) is 25.9. The second-order valence-electron chi connectivity index (χ2n) is 10.3. The van der Waals surface area contributed by atoms with Gasteiger partial charge >= 0.3 is 5.97 Å². The van der Waals surface area contributed by atoms with Gasteiger partial charge in [0.2, 0.25) is 0 Å². The van der Waals surface area contributed by atoms with Crippen molar-refractivity contribution in [3.05, 3.63) is 99.6 Å². The highest BCUT2D eigenvalue weighted by molar-refractivity contribution is 5.97. The van der Waals surface area contributed by atoms with Crippen LogP contribution < -0.4 is 5.56 Å². The summed E-state index contributed by atoms with van der Waals surface area (Å²) in [6, 6.07) is 21.3. The van der Waals surface area contributed by atoms with E-state index in [1.807, 2.05) is 88.4 Å². The number of hydrogen-bond acceptors (Lipinski definition) is 4. The van der Waals surface area contributed by atoms with Gasteiger partial charge in [-0.1, -0.05) is 67.4 Å². The molecule has 0 fully saturated rings. The van der Waals surface area contributed by atoms with Crippen LogP contribution in [0.5, 0.6) is 0 Å². The maximum Gasteiger partial charge on any atom is 0.339 e. The molecule has 0 radical (unpaired) electrons. The third kappa shape index (κ3) is 5.73. The summed E-state index contributed by atoms with van der Waals surface area (Å²) in [4.78, 5) is 31.1. The Kier molecular flexibility index (Phi) is 7.39. The van der Waals surface area contributed by atoms with E-state index < -0.39 is 5.60 Å². The first-order chi connectivity index (χ1) is 17.2. The van der Waals surface area contributed by atoms with Crippen molar-refractivity contribution in [3.8, 4) is 11.1 Å². The monoisotopic (exact) mass is 482 g/mol. The number of carbonyl (C=O) groups is 1. The van der Waals surface area contributed by atoms with Gasteiger partial charge in [0.05, 0.1) is 23.0 Å². The summed E-state index contributed by atoms with van der Waals surface area (Å²) in [5.74, 6) is 0.476. The Morgan fingerprint density at radius 2 is 1.72 bits per heavy atom. The van der Waals surface area contributed by atoms with Gasteiger partial charge < -0.3 is 4.74 Å². The Balaban J connectivity index is 1.68. The minimum atomic E-state index is -0.566. The van der Waals surface area contributed by atoms with Crippen LogP contribution in [0.3, 0.4) is 0 Å². The number of aromatic nitrogens is 2. The van der Waals surface area contributed by atoms with E-state index in [0.717, 1.165) is 52.9 Å². The summed E-state index contributed by atoms with van der Waals surface area (Å²) < 4.78 is 7.41. The van der Waals surface area contributed by atoms with Gasteiger partial charge in [0.15, 0.2) is 0 Å². The number of ether oxygens (including phenoxy) is 1. The first kappa shape index (κ1) is 25.4. The van der Waals surface area contributed by atoms with Crippen LogP contribution in [-0.4, -0.2) is 21.1 Å². The topological polar surface area (TPSA) is 61.2 Å². The van der Waals surface area contributed by atoms with Crippen LogP contribution in [-0.2, 0) is 17.7 Å². The van der Waals surface area contributed by atoms with Crippen molar-refractivity contribution in [2.75, 3.05) is 0 Å². The molecule has 5 nitrogen and oxygen atoms in total. The molecule has 3 aromatic carbocycles. The molecule has 0 N–H and O–H groups in total. The lowest BCUT2D eigenvalue weighted by Crippen LogP contribution is -2.26. The van der Waals surface area contributed by atoms with Gasteiger partial charge in [-0.3, -0.25) is 9.36 Å². The highest BCUT2D eigenvalue weighted by atomic mass is 16.6. The fourth-order valence-corrected chi connectivity index (χ4v) is 4.29. The molecule has 5 heteroatoms. The van der Waals surface area contributed by atoms with Crippen molar-refractivity contribution in [2.45, 2.75) is 66.0 Å². The predicted molar refractivity (Wildman–Crippen MR) is 146 cm³/mol. The molecule has 4 rings (SSSR count). The summed E-state index contributed by atoms with van der Waals surface area (Å²) in [6.07, 6.45) is 2.77. The summed E-state index contributed by atoms with van der Waals surface area (Å²) in [6.45, 7) is 10.2. The number of carbonyl (C=O) groups excluding carboxylic acids is 1. The van der Waals surface area contributed by atoms with E-state index >= 15 is 0 Å². The van der Waals surface area contributed by atoms with E-state index in [1.54, 1.807) is 10.6 Å². The molecule has 186 valence electrons. The SMILES string of the molecule is CCCCc1nc2ccc(C)cc2c(=O)n1Cc1ccc(-c2ccccc2C(=O)OC(C)(C)C)cc1. The number of aryl methyl sites for hydroxylation is 2. The molecule has 0 aliphatic carbocycles. The van der Waals surface area contributed by atoms with Crippen LogP contribution in [0.15, 0.2) is 71.5 Å². The molecule has 0 spiro atoms. The molecule has 0 saturated heterocycles. The largest absolute Gasteiger partial charge is 0.456 e. The Labute approximate surface area is 212 Å². The van der Waals surface area contributed by atoms with E-state index in [1.165, 1.54) is 0 Å². The van der Waals surface area contributed by atoms with Crippen molar-refractivity contribution in [3.63, 3.8) is 0 Å². The average Bonchev–Trinajstić information content (AvgIpc) is 2.84. The maximum absolute atomic E-state index is 13.5. The van der Waals surface area contributed by atoms with Crippen molar-refractivity contribution in [1.82, 2.24) is 9.55 Å². The van der Waals surface area contributed by atoms with E-state index in [0.29, 0.717) is 17.5 Å². The second kappa shape index (κ2) is 10.5. The van der Waals surface area contributed by atoms with Crippen LogP contribution in [0.1, 0.15) is 67.8 Å². The standard InChI is InChI=1S/C31H34N2O3/c1-6-7-12-28-32-27-18-13-21(2)19-26(27)29(34)33(28)20-22-14-16-23(17-15-22)24-10-8-9-11-25(24)30(35)36-31(3,4)5/h8-11,13-19H,6-7,12,20H2,1-5H3. The molecular formula is C31H34N2O3. The number of fused-ring (bicyclic) bond motifs is 1. The lowest BCUT2D eigenvalue weighted by molar-refractivity contribution is 0.00704. The average molecular weight is 483 g/mol. The van der Waals surface area contributed by atoms with Gasteiger partial charge in [0.25, 0.3) is 5.56 Å². The fourth-order valence-electron chi connectivity index (χ4n) is 4.29. The molecule has 0 amide bonds. The van der Waals surface area contributed by atoms with Crippen LogP contribution >= 0.6 is 0 Å². The van der Waals surface area contributed by atoms with Crippen LogP contribution in [0.2, 0.25) is 0 Å². The third-order valence-electron chi connectivity index (χ3n) is 6.09. The van der Waals surface area contributed by atoms with Gasteiger partial charge in [0, 0.05) is 6.42 Å². The lowest BCUT2D eigenvalue weighted by atomic mass is 9.98. The van der Waals surface area contributed by atoms with Crippen LogP contribution in [0.4, 0.5) is 0 Å². The summed E-state index contributed by atoms with van der Waals surface area (Å²) in [5.41, 5.74) is 4.50. The number of benzene rings is 3. The van der Waals surface area contributed by atoms with Crippen molar-refractivity contribution < 1.29 is 9.53 Å². The second-order valence-corrected chi connectivity index (χ2v) is 10.3. The molecule has 0 aliphatic rings. The van der Waals surface area contributed by atoms with Crippen LogP contribution in [0.25, 0.3) is 22.0 Å². The summed E-state index contributed by atoms with van der Waals surface area (Å²) >= 11 is 0. The first-order valence-corrected chi connectivity index (χ1v) is 12.6. The molecule has 0 unspecified atom stereocenters. The molecule has 0 aliphatic heterocycles. The fraction of sp³-hybridized carbons (Fsp3) is 0.323. The van der Waals surface area contributed by atoms with Crippen LogP contribution in [0, 0.1) is 6.92 Å². The van der Waals surface area contributed by atoms with Gasteiger partial charge in [0.1, 0.15) is 11.4 Å². The molecule has 36 heavy (non-hydrogen) atoms. The number of unbranched alkanes of at least 4 members (excludes halogenated alkanes) is 1. The van der Waals surface area contributed by atoms with Crippen molar-refractivity contribution >= 4 is 16.9 Å². The van der Waals surface area contributed by atoms with Gasteiger partial charge in [-0.2, -0.15) is 0 Å². The Morgan fingerprint density at radius 1 is 1.00 bits per heavy atom. The summed E-state index contributed by atoms with van der Waals surface area (Å²) in [7, 11) is 0. The molecule has 1 aromatic heterocycles. The van der Waals surface area contributed by atoms with Crippen molar-refractivity contribution in [2.24, 2.45) is 0 Å². The summed E-state index contributed by atoms with van der Waals surface area (Å²) in [5, 5.41) is 0.651. The smallest absolute Gasteiger partial charge is 0.339 e. The Hall–Kier alpha value is -3.73. The van der Waals surface area contributed by atoms with E-state index in [2.05, 4.69) is 6.92 Å². The predicted octanol–water partition coefficient (Wildman–Crippen LogP) is 6.72. The van der Waals surface area contributed by atoms with E-state index in [-0.39, 0.29) is 11.5 Å². The number of nitrogens with zero attached hydrogens (tertiary/aromatic N) is 2. The number of rotatable bonds is 7. The first-order valence-electron chi connectivity index (χ1n) is 12.6. The zero-order valence-corrected chi connectivity index (χ0v) is 21.8. The van der Waals surface area contributed by atoms with E-state index in [9.17, 15) is 9.59 Å². The molecular weight excluding hydrogens is 448 g/mol. The molecule has 1 heterocycles. The minimum absolute atomic E-state index is 0.00542. The Morgan fingerprint density at radius 3 is 2.42 bits per heavy atom. The molecule has 4 aromatic rings. The molecule has 0 saturated carbocycles. The normalized spacial score (nSPS) is 11.6. The highest BCUT2D eigenvalue weighted by Crippen LogP contribution is 2.26. The van der Waals surface area contributed by atoms with Gasteiger partial charge in [-0.25, -0.2) is 9.78 Å². The van der Waals surface area contributed by atoms with Crippen molar-refractivity contribution in [1.29, 1.82) is 0 Å². The van der Waals surface area contributed by atoms with Gasteiger partial charge in [-0.15, -0.1) is 0 Å². The lowest BCUT2D eigenvalue weighted by Gasteiger charge is -2.20. The number of hydrogen-bond donors (Lipinski definition) is 0. The molecule has 0 atom stereocenters.